The van der Waals surface area contributed by atoms with Gasteiger partial charge in [-0.3, -0.25) is 4.79 Å². The Morgan fingerprint density at radius 1 is 0.775 bits per heavy atom. The van der Waals surface area contributed by atoms with Gasteiger partial charge in [-0.25, -0.2) is 0 Å². The van der Waals surface area contributed by atoms with Gasteiger partial charge in [0.25, 0.3) is 0 Å². The number of carbonyl (C=O) groups excluding carboxylic acids is 1. The molecule has 4 N–H and O–H groups in total. The van der Waals surface area contributed by atoms with E-state index in [1.165, 1.54) is 6.92 Å². The van der Waals surface area contributed by atoms with Gasteiger partial charge in [0.15, 0.2) is 25.2 Å². The van der Waals surface area contributed by atoms with Crippen molar-refractivity contribution in [2.24, 2.45) is 0 Å². The fourth-order valence-electron chi connectivity index (χ4n) is 5.54. The number of benzene rings is 2. The van der Waals surface area contributed by atoms with Gasteiger partial charge in [0, 0.05) is 18.1 Å². The molecule has 4 aliphatic rings. The smallest absolute Gasteiger partial charge is 0.217 e. The van der Waals surface area contributed by atoms with Crippen LogP contribution in [0.3, 0.4) is 0 Å². The molecule has 40 heavy (non-hydrogen) atoms. The number of amides is 1. The van der Waals surface area contributed by atoms with Gasteiger partial charge in [0.2, 0.25) is 5.91 Å². The lowest BCUT2D eigenvalue weighted by Gasteiger charge is -2.51. The molecule has 4 fully saturated rings. The lowest BCUT2D eigenvalue weighted by molar-refractivity contribution is -0.392. The van der Waals surface area contributed by atoms with Crippen molar-refractivity contribution in [3.63, 3.8) is 0 Å². The summed E-state index contributed by atoms with van der Waals surface area (Å²) in [6.45, 7) is 1.46. The third kappa shape index (κ3) is 5.52. The quantitative estimate of drug-likeness (QED) is 0.399. The Labute approximate surface area is 230 Å². The summed E-state index contributed by atoms with van der Waals surface area (Å²) in [6.07, 6.45) is -11.4. The molecule has 1 amide bonds. The molecule has 216 valence electrons. The summed E-state index contributed by atoms with van der Waals surface area (Å²) >= 11 is 0. The molecule has 0 bridgehead atoms. The van der Waals surface area contributed by atoms with Crippen LogP contribution in [0, 0.1) is 0 Å². The number of rotatable bonds is 5. The van der Waals surface area contributed by atoms with Gasteiger partial charge in [-0.1, -0.05) is 60.7 Å². The molecule has 6 rings (SSSR count). The number of ether oxygens (including phenoxy) is 7. The van der Waals surface area contributed by atoms with Crippen molar-refractivity contribution in [2.45, 2.75) is 80.9 Å². The molecule has 2 aromatic carbocycles. The van der Waals surface area contributed by atoms with Crippen molar-refractivity contribution >= 4 is 5.91 Å². The third-order valence-electron chi connectivity index (χ3n) is 7.50. The Balaban J connectivity index is 1.21. The van der Waals surface area contributed by atoms with E-state index in [9.17, 15) is 20.1 Å². The Kier molecular flexibility index (Phi) is 8.15. The maximum atomic E-state index is 12.0. The predicted molar refractivity (Wildman–Crippen MR) is 134 cm³/mol. The maximum absolute atomic E-state index is 12.0. The summed E-state index contributed by atoms with van der Waals surface area (Å²) < 4.78 is 41.9. The van der Waals surface area contributed by atoms with Crippen molar-refractivity contribution in [2.75, 3.05) is 13.2 Å². The Morgan fingerprint density at radius 3 is 1.90 bits per heavy atom. The van der Waals surface area contributed by atoms with Crippen LogP contribution in [0.4, 0.5) is 0 Å². The van der Waals surface area contributed by atoms with E-state index in [0.29, 0.717) is 0 Å². The second kappa shape index (κ2) is 11.8. The summed E-state index contributed by atoms with van der Waals surface area (Å²) in [5, 5.41) is 35.5. The maximum Gasteiger partial charge on any atom is 0.217 e. The molecule has 2 unspecified atom stereocenters. The Hall–Kier alpha value is -2.49. The van der Waals surface area contributed by atoms with Crippen LogP contribution in [0.5, 0.6) is 0 Å². The van der Waals surface area contributed by atoms with Crippen molar-refractivity contribution in [1.82, 2.24) is 5.32 Å². The number of nitrogens with one attached hydrogen (secondary N) is 1. The molecule has 12 nitrogen and oxygen atoms in total. The average molecular weight is 560 g/mol. The van der Waals surface area contributed by atoms with E-state index in [0.717, 1.165) is 11.1 Å². The number of fused-ring (bicyclic) bond motifs is 2. The van der Waals surface area contributed by atoms with Gasteiger partial charge in [-0.2, -0.15) is 0 Å². The topological polar surface area (TPSA) is 154 Å². The number of hydrogen-bond acceptors (Lipinski definition) is 11. The highest BCUT2D eigenvalue weighted by Gasteiger charge is 2.55. The first kappa shape index (κ1) is 27.7. The second-order valence-electron chi connectivity index (χ2n) is 10.3. The van der Waals surface area contributed by atoms with E-state index in [1.54, 1.807) is 0 Å². The zero-order chi connectivity index (χ0) is 27.8. The van der Waals surface area contributed by atoms with Crippen LogP contribution in [-0.2, 0) is 38.0 Å². The van der Waals surface area contributed by atoms with E-state index in [4.69, 9.17) is 33.2 Å². The standard InChI is InChI=1S/C28H33NO11/c1-14(30)29-19-24(23-18(36-25(19)33)13-35-27(39-23)16-10-6-3-7-11-16)40-28-21(32)20(31)22-17(37-28)12-34-26(38-22)15-8-4-2-5-9-15/h2-11,17-28,31-33H,12-13H2,1H3,(H,29,30)/t17-,18-,19-,20-,21-,22+,23-,24-,25-,26?,27?,28+/m1/s1. The van der Waals surface area contributed by atoms with Crippen LogP contribution >= 0.6 is 0 Å². The van der Waals surface area contributed by atoms with Gasteiger partial charge in [-0.05, 0) is 0 Å². The summed E-state index contributed by atoms with van der Waals surface area (Å²) in [4.78, 5) is 12.0. The van der Waals surface area contributed by atoms with Crippen molar-refractivity contribution < 1.29 is 53.3 Å². The van der Waals surface area contributed by atoms with Crippen LogP contribution in [0.25, 0.3) is 0 Å². The number of carbonyl (C=O) groups is 1. The minimum absolute atomic E-state index is 0.0753. The monoisotopic (exact) mass is 559 g/mol. The lowest BCUT2D eigenvalue weighted by Crippen LogP contribution is -2.69. The molecule has 4 saturated heterocycles. The van der Waals surface area contributed by atoms with Gasteiger partial charge >= 0.3 is 0 Å². The lowest BCUT2D eigenvalue weighted by atomic mass is 9.94. The van der Waals surface area contributed by atoms with E-state index in [-0.39, 0.29) is 13.2 Å². The number of aliphatic hydroxyl groups excluding tert-OH is 3. The highest BCUT2D eigenvalue weighted by Crippen LogP contribution is 2.38. The molecular formula is C28H33NO11. The van der Waals surface area contributed by atoms with Gasteiger partial charge in [0.05, 0.1) is 13.2 Å². The zero-order valence-corrected chi connectivity index (χ0v) is 21.7. The molecule has 12 atom stereocenters. The Morgan fingerprint density at radius 2 is 1.32 bits per heavy atom. The van der Waals surface area contributed by atoms with Crippen LogP contribution < -0.4 is 5.32 Å². The van der Waals surface area contributed by atoms with Gasteiger partial charge < -0.3 is 53.8 Å². The zero-order valence-electron chi connectivity index (χ0n) is 21.7. The number of aliphatic hydroxyl groups is 3. The largest absolute Gasteiger partial charge is 0.387 e. The molecule has 12 heteroatoms. The molecule has 0 aliphatic carbocycles. The molecule has 4 heterocycles. The molecular weight excluding hydrogens is 526 g/mol. The molecule has 0 aromatic heterocycles. The summed E-state index contributed by atoms with van der Waals surface area (Å²) in [5.41, 5.74) is 1.53. The summed E-state index contributed by atoms with van der Waals surface area (Å²) in [6, 6.07) is 17.5. The molecule has 2 aromatic rings. The highest BCUT2D eigenvalue weighted by molar-refractivity contribution is 5.73. The molecule has 0 saturated carbocycles. The van der Waals surface area contributed by atoms with E-state index < -0.39 is 79.8 Å². The molecule has 0 radical (unpaired) electrons. The summed E-state index contributed by atoms with van der Waals surface area (Å²) in [7, 11) is 0. The van der Waals surface area contributed by atoms with Crippen molar-refractivity contribution in [3.05, 3.63) is 71.8 Å². The first-order valence-electron chi connectivity index (χ1n) is 13.3. The first-order chi connectivity index (χ1) is 19.4. The van der Waals surface area contributed by atoms with Crippen molar-refractivity contribution in [1.29, 1.82) is 0 Å². The van der Waals surface area contributed by atoms with Crippen molar-refractivity contribution in [3.8, 4) is 0 Å². The first-order valence-corrected chi connectivity index (χ1v) is 13.3. The predicted octanol–water partition coefficient (Wildman–Crippen LogP) is 0.269. The third-order valence-corrected chi connectivity index (χ3v) is 7.50. The van der Waals surface area contributed by atoms with Gasteiger partial charge in [0.1, 0.15) is 48.8 Å². The van der Waals surface area contributed by atoms with E-state index in [2.05, 4.69) is 5.32 Å². The minimum atomic E-state index is -1.52. The van der Waals surface area contributed by atoms with Crippen LogP contribution in [-0.4, -0.2) is 95.8 Å². The van der Waals surface area contributed by atoms with Crippen LogP contribution in [0.1, 0.15) is 30.6 Å². The van der Waals surface area contributed by atoms with E-state index in [1.807, 2.05) is 60.7 Å². The number of hydrogen-bond donors (Lipinski definition) is 4. The second-order valence-corrected chi connectivity index (χ2v) is 10.3. The van der Waals surface area contributed by atoms with Gasteiger partial charge in [-0.15, -0.1) is 0 Å². The molecule has 0 spiro atoms. The fourth-order valence-corrected chi connectivity index (χ4v) is 5.54. The normalized spacial score (nSPS) is 41.4. The average Bonchev–Trinajstić information content (AvgIpc) is 2.98. The fraction of sp³-hybridized carbons (Fsp3) is 0.536. The highest BCUT2D eigenvalue weighted by atomic mass is 16.8. The van der Waals surface area contributed by atoms with E-state index >= 15 is 0 Å². The molecule has 4 aliphatic heterocycles. The van der Waals surface area contributed by atoms with Crippen LogP contribution in [0.15, 0.2) is 60.7 Å². The SMILES string of the molecule is CC(=O)N[C@@H]1[C@@H](O[C@@H]2O[C@@H]3COC(c4ccccc4)O[C@@H]3[C@H](O)[C@H]2O)[C@@H]2OC(c3ccccc3)OC[C@H]2O[C@H]1O. The minimum Gasteiger partial charge on any atom is -0.387 e. The summed E-state index contributed by atoms with van der Waals surface area (Å²) in [5.74, 6) is -0.433. The van der Waals surface area contributed by atoms with Crippen LogP contribution in [0.2, 0.25) is 0 Å². The Bertz CT molecular complexity index is 1140.